The molecule has 0 aromatic heterocycles. The Labute approximate surface area is 216 Å². The molecule has 184 valence electrons. The zero-order valence-electron chi connectivity index (χ0n) is 19.6. The van der Waals surface area contributed by atoms with Gasteiger partial charge in [0, 0.05) is 34.0 Å². The number of hydrogen-bond donors (Lipinski definition) is 1. The van der Waals surface area contributed by atoms with Gasteiger partial charge in [-0.05, 0) is 85.9 Å². The van der Waals surface area contributed by atoms with Crippen LogP contribution in [0.25, 0.3) is 0 Å². The Balaban J connectivity index is 1.55. The fourth-order valence-corrected chi connectivity index (χ4v) is 5.63. The number of nitrogens with one attached hydrogen (secondary N) is 1. The fourth-order valence-electron chi connectivity index (χ4n) is 4.73. The maximum absolute atomic E-state index is 13.4. The number of halogens is 4. The molecule has 1 aliphatic carbocycles. The first-order valence-electron chi connectivity index (χ1n) is 11.9. The van der Waals surface area contributed by atoms with Gasteiger partial charge in [0.15, 0.2) is 0 Å². The van der Waals surface area contributed by atoms with E-state index in [0.29, 0.717) is 35.0 Å². The molecule has 0 radical (unpaired) electrons. The first-order valence-corrected chi connectivity index (χ1v) is 13.1. The summed E-state index contributed by atoms with van der Waals surface area (Å²) in [5, 5.41) is 4.13. The average molecular weight is 527 g/mol. The highest BCUT2D eigenvalue weighted by molar-refractivity contribution is 6.36. The number of Topliss-reactive ketones (excluding diaryl/α,β-unsaturated/α-hetero) is 1. The molecule has 34 heavy (non-hydrogen) atoms. The van der Waals surface area contributed by atoms with Gasteiger partial charge in [0.2, 0.25) is 5.91 Å². The summed E-state index contributed by atoms with van der Waals surface area (Å²) in [7, 11) is 0. The second kappa shape index (κ2) is 12.4. The van der Waals surface area contributed by atoms with Crippen LogP contribution in [0.15, 0.2) is 30.3 Å². The monoisotopic (exact) mass is 525 g/mol. The van der Waals surface area contributed by atoms with E-state index in [1.807, 2.05) is 19.1 Å². The van der Waals surface area contributed by atoms with Gasteiger partial charge < -0.3 is 5.32 Å². The third kappa shape index (κ3) is 6.96. The third-order valence-electron chi connectivity index (χ3n) is 7.00. The SMILES string of the molecule is CCc1cc(Cl)c(CCC2CCCC(C(C)C(=O)Nc3ccc(F)c(Cl)c3)CCC2=O)c(Cl)c1. The zero-order valence-corrected chi connectivity index (χ0v) is 21.9. The normalized spacial score (nSPS) is 19.9. The molecular weight excluding hydrogens is 496 g/mol. The number of carbonyl (C=O) groups is 2. The smallest absolute Gasteiger partial charge is 0.227 e. The van der Waals surface area contributed by atoms with E-state index in [1.165, 1.54) is 18.2 Å². The van der Waals surface area contributed by atoms with Crippen LogP contribution < -0.4 is 5.32 Å². The van der Waals surface area contributed by atoms with Crippen molar-refractivity contribution in [2.75, 3.05) is 5.32 Å². The Morgan fingerprint density at radius 3 is 2.44 bits per heavy atom. The van der Waals surface area contributed by atoms with Crippen molar-refractivity contribution in [2.45, 2.75) is 65.2 Å². The highest BCUT2D eigenvalue weighted by atomic mass is 35.5. The molecule has 1 amide bonds. The van der Waals surface area contributed by atoms with Gasteiger partial charge in [-0.15, -0.1) is 0 Å². The van der Waals surface area contributed by atoms with Crippen molar-refractivity contribution in [3.05, 3.63) is 62.3 Å². The second-order valence-electron chi connectivity index (χ2n) is 9.23. The lowest BCUT2D eigenvalue weighted by atomic mass is 9.78. The van der Waals surface area contributed by atoms with Crippen molar-refractivity contribution >= 4 is 52.2 Å². The minimum atomic E-state index is -0.525. The molecule has 2 aromatic rings. The van der Waals surface area contributed by atoms with E-state index in [1.54, 1.807) is 0 Å². The first kappa shape index (κ1) is 27.0. The first-order chi connectivity index (χ1) is 16.2. The molecule has 1 saturated carbocycles. The molecule has 0 aliphatic heterocycles. The summed E-state index contributed by atoms with van der Waals surface area (Å²) in [5.74, 6) is -0.570. The number of rotatable bonds is 7. The molecule has 3 nitrogen and oxygen atoms in total. The minimum Gasteiger partial charge on any atom is -0.326 e. The number of anilines is 1. The Morgan fingerprint density at radius 2 is 1.79 bits per heavy atom. The predicted molar refractivity (Wildman–Crippen MR) is 138 cm³/mol. The molecule has 0 saturated heterocycles. The second-order valence-corrected chi connectivity index (χ2v) is 10.5. The van der Waals surface area contributed by atoms with Crippen LogP contribution in [0.3, 0.4) is 0 Å². The van der Waals surface area contributed by atoms with Gasteiger partial charge in [0.1, 0.15) is 11.6 Å². The summed E-state index contributed by atoms with van der Waals surface area (Å²) in [6.45, 7) is 3.95. The van der Waals surface area contributed by atoms with Crippen LogP contribution in [0, 0.1) is 23.6 Å². The van der Waals surface area contributed by atoms with Gasteiger partial charge in [-0.3, -0.25) is 9.59 Å². The van der Waals surface area contributed by atoms with Crippen LogP contribution in [-0.2, 0) is 22.4 Å². The zero-order chi connectivity index (χ0) is 24.8. The predicted octanol–water partition coefficient (Wildman–Crippen LogP) is 8.32. The Bertz CT molecular complexity index is 1020. The molecular formula is C27H31Cl3FNO2. The standard InChI is InChI=1S/C27H31Cl3FNO2/c1-3-17-13-22(28)21(23(29)14-17)10-7-19-6-4-5-18(8-12-26(19)33)16(2)27(34)32-20-9-11-25(31)24(30)15-20/h9,11,13-16,18-19H,3-8,10,12H2,1-2H3,(H,32,34). The molecule has 1 N–H and O–H groups in total. The third-order valence-corrected chi connectivity index (χ3v) is 7.97. The number of amides is 1. The quantitative estimate of drug-likeness (QED) is 0.394. The van der Waals surface area contributed by atoms with Crippen LogP contribution in [-0.4, -0.2) is 11.7 Å². The molecule has 3 atom stereocenters. The van der Waals surface area contributed by atoms with Crippen molar-refractivity contribution in [3.8, 4) is 0 Å². The number of aryl methyl sites for hydroxylation is 1. The van der Waals surface area contributed by atoms with Gasteiger partial charge in [0.05, 0.1) is 5.02 Å². The highest BCUT2D eigenvalue weighted by Crippen LogP contribution is 2.34. The fraction of sp³-hybridized carbons (Fsp3) is 0.481. The summed E-state index contributed by atoms with van der Waals surface area (Å²) in [6.07, 6.45) is 6.00. The molecule has 0 bridgehead atoms. The molecule has 1 aliphatic rings. The van der Waals surface area contributed by atoms with Gasteiger partial charge in [-0.25, -0.2) is 4.39 Å². The summed E-state index contributed by atoms with van der Waals surface area (Å²) in [6, 6.07) is 8.05. The number of carbonyl (C=O) groups excluding carboxylic acids is 2. The van der Waals surface area contributed by atoms with E-state index in [4.69, 9.17) is 34.8 Å². The topological polar surface area (TPSA) is 46.2 Å². The number of hydrogen-bond acceptors (Lipinski definition) is 2. The largest absolute Gasteiger partial charge is 0.326 e. The molecule has 3 unspecified atom stereocenters. The van der Waals surface area contributed by atoms with E-state index in [9.17, 15) is 14.0 Å². The molecule has 0 heterocycles. The van der Waals surface area contributed by atoms with Gasteiger partial charge in [-0.2, -0.15) is 0 Å². The lowest BCUT2D eigenvalue weighted by molar-refractivity contribution is -0.126. The van der Waals surface area contributed by atoms with Crippen LogP contribution in [0.4, 0.5) is 10.1 Å². The van der Waals surface area contributed by atoms with Gasteiger partial charge in [0.25, 0.3) is 0 Å². The minimum absolute atomic E-state index is 0.00979. The molecule has 7 heteroatoms. The van der Waals surface area contributed by atoms with Crippen molar-refractivity contribution in [1.29, 1.82) is 0 Å². The van der Waals surface area contributed by atoms with Crippen LogP contribution in [0.1, 0.15) is 63.5 Å². The maximum Gasteiger partial charge on any atom is 0.227 e. The van der Waals surface area contributed by atoms with Crippen LogP contribution >= 0.6 is 34.8 Å². The van der Waals surface area contributed by atoms with E-state index in [2.05, 4.69) is 12.2 Å². The molecule has 1 fully saturated rings. The number of ketones is 1. The summed E-state index contributed by atoms with van der Waals surface area (Å²) in [5.41, 5.74) is 2.49. The lowest BCUT2D eigenvalue weighted by Gasteiger charge is -2.27. The van der Waals surface area contributed by atoms with Crippen molar-refractivity contribution in [3.63, 3.8) is 0 Å². The van der Waals surface area contributed by atoms with E-state index >= 15 is 0 Å². The van der Waals surface area contributed by atoms with Crippen molar-refractivity contribution in [2.24, 2.45) is 17.8 Å². The Kier molecular flexibility index (Phi) is 9.82. The average Bonchev–Trinajstić information content (AvgIpc) is 2.79. The van der Waals surface area contributed by atoms with Gasteiger partial charge >= 0.3 is 0 Å². The Hall–Kier alpha value is -1.62. The lowest BCUT2D eigenvalue weighted by Crippen LogP contribution is -2.29. The van der Waals surface area contributed by atoms with E-state index in [-0.39, 0.29) is 34.5 Å². The van der Waals surface area contributed by atoms with E-state index in [0.717, 1.165) is 43.2 Å². The van der Waals surface area contributed by atoms with Gasteiger partial charge in [-0.1, -0.05) is 55.1 Å². The highest BCUT2D eigenvalue weighted by Gasteiger charge is 2.29. The molecule has 2 aromatic carbocycles. The summed E-state index contributed by atoms with van der Waals surface area (Å²) < 4.78 is 13.4. The molecule has 0 spiro atoms. The maximum atomic E-state index is 13.4. The Morgan fingerprint density at radius 1 is 1.09 bits per heavy atom. The van der Waals surface area contributed by atoms with Crippen molar-refractivity contribution < 1.29 is 14.0 Å². The summed E-state index contributed by atoms with van der Waals surface area (Å²) >= 11 is 18.7. The van der Waals surface area contributed by atoms with Crippen molar-refractivity contribution in [1.82, 2.24) is 0 Å². The number of benzene rings is 2. The van der Waals surface area contributed by atoms with Crippen LogP contribution in [0.2, 0.25) is 15.1 Å². The molecule has 3 rings (SSSR count). The van der Waals surface area contributed by atoms with Crippen LogP contribution in [0.5, 0.6) is 0 Å². The summed E-state index contributed by atoms with van der Waals surface area (Å²) in [4.78, 5) is 25.7. The van der Waals surface area contributed by atoms with E-state index < -0.39 is 5.82 Å².